The highest BCUT2D eigenvalue weighted by Crippen LogP contribution is 2.29. The monoisotopic (exact) mass is 404 g/mol. The molecule has 10 heteroatoms. The van der Waals surface area contributed by atoms with Crippen LogP contribution in [0.25, 0.3) is 4.96 Å². The number of anilines is 1. The van der Waals surface area contributed by atoms with Gasteiger partial charge in [-0.05, 0) is 32.6 Å². The van der Waals surface area contributed by atoms with Gasteiger partial charge in [0.15, 0.2) is 0 Å². The summed E-state index contributed by atoms with van der Waals surface area (Å²) in [5, 5.41) is 8.03. The summed E-state index contributed by atoms with van der Waals surface area (Å²) in [6.07, 6.45) is 3.99. The quantitative estimate of drug-likeness (QED) is 0.706. The fourth-order valence-electron chi connectivity index (χ4n) is 3.83. The molecule has 2 aliphatic rings. The van der Waals surface area contributed by atoms with Crippen LogP contribution < -0.4 is 15.8 Å². The Balaban J connectivity index is 1.37. The number of hydrogen-bond donors (Lipinski definition) is 1. The Hall–Kier alpha value is -2.49. The van der Waals surface area contributed by atoms with Crippen molar-refractivity contribution in [3.05, 3.63) is 22.1 Å². The number of aromatic nitrogens is 3. The summed E-state index contributed by atoms with van der Waals surface area (Å²) in [5.74, 6) is 0.184. The summed E-state index contributed by atoms with van der Waals surface area (Å²) in [4.78, 5) is 45.1. The Labute approximate surface area is 166 Å². The van der Waals surface area contributed by atoms with Crippen LogP contribution in [0.5, 0.6) is 0 Å². The summed E-state index contributed by atoms with van der Waals surface area (Å²) in [6, 6.07) is 1.17. The molecular weight excluding hydrogens is 380 g/mol. The molecule has 0 bridgehead atoms. The van der Waals surface area contributed by atoms with E-state index in [-0.39, 0.29) is 23.4 Å². The van der Waals surface area contributed by atoms with E-state index in [1.54, 1.807) is 6.92 Å². The molecule has 1 atom stereocenters. The van der Waals surface area contributed by atoms with Gasteiger partial charge >= 0.3 is 0 Å². The van der Waals surface area contributed by atoms with Crippen LogP contribution in [-0.4, -0.2) is 63.5 Å². The predicted octanol–water partition coefficient (Wildman–Crippen LogP) is 0.557. The van der Waals surface area contributed by atoms with E-state index < -0.39 is 0 Å². The van der Waals surface area contributed by atoms with Crippen LogP contribution >= 0.6 is 11.3 Å². The van der Waals surface area contributed by atoms with Crippen molar-refractivity contribution in [2.24, 2.45) is 0 Å². The molecule has 150 valence electrons. The highest BCUT2D eigenvalue weighted by Gasteiger charge is 2.33. The second-order valence-corrected chi connectivity index (χ2v) is 8.23. The number of likely N-dealkylation sites (tertiary alicyclic amines) is 1. The van der Waals surface area contributed by atoms with Gasteiger partial charge < -0.3 is 15.1 Å². The molecule has 2 saturated heterocycles. The van der Waals surface area contributed by atoms with Gasteiger partial charge in [0.05, 0.1) is 0 Å². The Bertz CT molecular complexity index is 954. The van der Waals surface area contributed by atoms with Gasteiger partial charge in [0, 0.05) is 44.4 Å². The minimum atomic E-state index is -0.286. The average molecular weight is 404 g/mol. The van der Waals surface area contributed by atoms with Crippen molar-refractivity contribution in [1.29, 1.82) is 0 Å². The molecule has 2 aromatic heterocycles. The normalized spacial score (nSPS) is 19.8. The van der Waals surface area contributed by atoms with Gasteiger partial charge in [0.2, 0.25) is 21.9 Å². The van der Waals surface area contributed by atoms with Crippen molar-refractivity contribution in [2.75, 3.05) is 31.1 Å². The number of nitrogens with one attached hydrogen (secondary N) is 1. The first-order valence-corrected chi connectivity index (χ1v) is 10.5. The average Bonchev–Trinajstić information content (AvgIpc) is 3.37. The second-order valence-electron chi connectivity index (χ2n) is 7.30. The maximum Gasteiger partial charge on any atom is 0.275 e. The first-order chi connectivity index (χ1) is 13.5. The fourth-order valence-corrected chi connectivity index (χ4v) is 4.86. The number of fused-ring (bicyclic) bond motifs is 1. The minimum absolute atomic E-state index is 0.0269. The summed E-state index contributed by atoms with van der Waals surface area (Å²) < 4.78 is 1.30. The Kier molecular flexibility index (Phi) is 5.29. The van der Waals surface area contributed by atoms with E-state index in [0.29, 0.717) is 35.3 Å². The van der Waals surface area contributed by atoms with E-state index in [1.165, 1.54) is 21.9 Å². The molecule has 0 saturated carbocycles. The first kappa shape index (κ1) is 18.9. The molecule has 0 radical (unpaired) electrons. The topological polar surface area (TPSA) is 99.9 Å². The van der Waals surface area contributed by atoms with Crippen molar-refractivity contribution < 1.29 is 9.59 Å². The Morgan fingerprint density at radius 2 is 2.18 bits per heavy atom. The molecule has 4 heterocycles. The smallest absolute Gasteiger partial charge is 0.275 e. The van der Waals surface area contributed by atoms with E-state index in [2.05, 4.69) is 15.4 Å². The first-order valence-electron chi connectivity index (χ1n) is 9.72. The Morgan fingerprint density at radius 1 is 1.32 bits per heavy atom. The maximum absolute atomic E-state index is 12.7. The van der Waals surface area contributed by atoms with Gasteiger partial charge in [-0.15, -0.1) is 5.10 Å². The highest BCUT2D eigenvalue weighted by molar-refractivity contribution is 7.20. The summed E-state index contributed by atoms with van der Waals surface area (Å²) in [5.41, 5.74) is 0.453. The van der Waals surface area contributed by atoms with Crippen LogP contribution in [0.4, 0.5) is 5.13 Å². The van der Waals surface area contributed by atoms with Gasteiger partial charge in [-0.3, -0.25) is 14.4 Å². The van der Waals surface area contributed by atoms with Crippen LogP contribution in [0.15, 0.2) is 10.9 Å². The molecule has 0 spiro atoms. The number of aryl methyl sites for hydroxylation is 1. The van der Waals surface area contributed by atoms with Crippen molar-refractivity contribution in [1.82, 2.24) is 24.8 Å². The summed E-state index contributed by atoms with van der Waals surface area (Å²) in [7, 11) is 0. The zero-order chi connectivity index (χ0) is 19.7. The SMILES string of the molecule is Cc1cc(=O)n2nc(N3CCC[C@@H]3C(=O)NCCCN3CCCC3=O)sc2n1. The van der Waals surface area contributed by atoms with E-state index in [0.717, 1.165) is 38.8 Å². The van der Waals surface area contributed by atoms with E-state index in [1.807, 2.05) is 9.80 Å². The van der Waals surface area contributed by atoms with Gasteiger partial charge in [-0.2, -0.15) is 4.52 Å². The number of hydrogen-bond acceptors (Lipinski definition) is 7. The molecule has 2 aliphatic heterocycles. The lowest BCUT2D eigenvalue weighted by molar-refractivity contribution is -0.127. The molecule has 0 aliphatic carbocycles. The van der Waals surface area contributed by atoms with Gasteiger partial charge in [-0.1, -0.05) is 11.3 Å². The molecule has 28 heavy (non-hydrogen) atoms. The van der Waals surface area contributed by atoms with Crippen LogP contribution in [0.1, 0.15) is 37.8 Å². The lowest BCUT2D eigenvalue weighted by atomic mass is 10.2. The van der Waals surface area contributed by atoms with Gasteiger partial charge in [0.25, 0.3) is 5.56 Å². The van der Waals surface area contributed by atoms with Crippen molar-refractivity contribution in [3.8, 4) is 0 Å². The minimum Gasteiger partial charge on any atom is -0.354 e. The number of rotatable bonds is 6. The molecule has 0 aromatic carbocycles. The molecule has 0 unspecified atom stereocenters. The number of nitrogens with zero attached hydrogens (tertiary/aromatic N) is 5. The van der Waals surface area contributed by atoms with Gasteiger partial charge in [-0.25, -0.2) is 4.98 Å². The van der Waals surface area contributed by atoms with Crippen LogP contribution in [-0.2, 0) is 9.59 Å². The van der Waals surface area contributed by atoms with Gasteiger partial charge in [0.1, 0.15) is 6.04 Å². The molecule has 2 fully saturated rings. The van der Waals surface area contributed by atoms with Crippen molar-refractivity contribution in [3.63, 3.8) is 0 Å². The van der Waals surface area contributed by atoms with Crippen LogP contribution in [0.3, 0.4) is 0 Å². The molecule has 9 nitrogen and oxygen atoms in total. The maximum atomic E-state index is 12.7. The third-order valence-electron chi connectivity index (χ3n) is 5.24. The molecular formula is C18H24N6O3S. The Morgan fingerprint density at radius 3 is 2.96 bits per heavy atom. The molecule has 2 aromatic rings. The second kappa shape index (κ2) is 7.86. The van der Waals surface area contributed by atoms with Crippen molar-refractivity contribution >= 4 is 33.2 Å². The van der Waals surface area contributed by atoms with Crippen molar-refractivity contribution in [2.45, 2.75) is 45.1 Å². The zero-order valence-electron chi connectivity index (χ0n) is 15.9. The zero-order valence-corrected chi connectivity index (χ0v) is 16.7. The third kappa shape index (κ3) is 3.73. The summed E-state index contributed by atoms with van der Waals surface area (Å²) in [6.45, 7) is 4.58. The third-order valence-corrected chi connectivity index (χ3v) is 6.18. The van der Waals surface area contributed by atoms with Crippen LogP contribution in [0.2, 0.25) is 0 Å². The lowest BCUT2D eigenvalue weighted by Gasteiger charge is -2.23. The standard InChI is InChI=1S/C18H24N6O3S/c1-12-11-15(26)24-17(20-12)28-18(21-24)23-10-2-5-13(23)16(27)19-7-4-9-22-8-3-6-14(22)25/h11,13H,2-10H2,1H3,(H,19,27)/t13-/m1/s1. The largest absolute Gasteiger partial charge is 0.354 e. The predicted molar refractivity (Wildman–Crippen MR) is 106 cm³/mol. The molecule has 1 N–H and O–H groups in total. The van der Waals surface area contributed by atoms with E-state index >= 15 is 0 Å². The van der Waals surface area contributed by atoms with Crippen LogP contribution in [0, 0.1) is 6.92 Å². The lowest BCUT2D eigenvalue weighted by Crippen LogP contribution is -2.44. The molecule has 4 rings (SSSR count). The molecule has 2 amide bonds. The number of carbonyl (C=O) groups excluding carboxylic acids is 2. The number of amides is 2. The summed E-state index contributed by atoms with van der Waals surface area (Å²) >= 11 is 1.33. The highest BCUT2D eigenvalue weighted by atomic mass is 32.1. The van der Waals surface area contributed by atoms with E-state index in [4.69, 9.17) is 0 Å². The number of carbonyl (C=O) groups is 2. The fraction of sp³-hybridized carbons (Fsp3) is 0.611. The van der Waals surface area contributed by atoms with E-state index in [9.17, 15) is 14.4 Å².